The number of benzene rings is 1. The van der Waals surface area contributed by atoms with E-state index in [1.165, 1.54) is 18.9 Å². The Labute approximate surface area is 132 Å². The van der Waals surface area contributed by atoms with Gasteiger partial charge in [0.1, 0.15) is 11.6 Å². The van der Waals surface area contributed by atoms with Crippen molar-refractivity contribution < 1.29 is 23.1 Å². The summed E-state index contributed by atoms with van der Waals surface area (Å²) in [5.41, 5.74) is 0.0726. The number of amides is 1. The summed E-state index contributed by atoms with van der Waals surface area (Å²) in [6, 6.07) is 2.12. The topological polar surface area (TPSA) is 55.4 Å². The number of carbonyl (C=O) groups is 2. The summed E-state index contributed by atoms with van der Waals surface area (Å²) >= 11 is 2.80. The first-order valence-corrected chi connectivity index (χ1v) is 7.76. The maximum atomic E-state index is 13.3. The van der Waals surface area contributed by atoms with Crippen LogP contribution in [-0.4, -0.2) is 30.5 Å². The van der Waals surface area contributed by atoms with E-state index in [1.54, 1.807) is 22.6 Å². The summed E-state index contributed by atoms with van der Waals surface area (Å²) in [6.45, 7) is 0. The molecule has 0 radical (unpaired) electrons. The number of ether oxygens (including phenoxy) is 1. The molecule has 0 aliphatic heterocycles. The molecular formula is C12H12F2INO3S. The Kier molecular flexibility index (Phi) is 7.20. The van der Waals surface area contributed by atoms with Crippen LogP contribution in [0.1, 0.15) is 6.42 Å². The average Bonchev–Trinajstić information content (AvgIpc) is 2.40. The van der Waals surface area contributed by atoms with Gasteiger partial charge in [-0.2, -0.15) is 0 Å². The molecule has 1 aromatic carbocycles. The molecule has 0 spiro atoms. The van der Waals surface area contributed by atoms with Crippen LogP contribution in [0.2, 0.25) is 0 Å². The third-order valence-corrected chi connectivity index (χ3v) is 4.15. The second kappa shape index (κ2) is 8.40. The maximum Gasteiger partial charge on any atom is 0.315 e. The van der Waals surface area contributed by atoms with Crippen LogP contribution in [0.5, 0.6) is 0 Å². The zero-order chi connectivity index (χ0) is 15.1. The number of halogens is 3. The number of rotatable bonds is 6. The monoisotopic (exact) mass is 415 g/mol. The second-order valence-corrected chi connectivity index (χ2v) is 5.86. The molecule has 0 aliphatic rings. The lowest BCUT2D eigenvalue weighted by molar-refractivity contribution is -0.137. The molecule has 0 unspecified atom stereocenters. The van der Waals surface area contributed by atoms with Crippen LogP contribution >= 0.6 is 34.4 Å². The third kappa shape index (κ3) is 5.61. The molecule has 1 rings (SSSR count). The molecule has 4 nitrogen and oxygen atoms in total. The lowest BCUT2D eigenvalue weighted by atomic mass is 10.3. The number of nitrogens with one attached hydrogen (secondary N) is 1. The lowest BCUT2D eigenvalue weighted by Gasteiger charge is -2.06. The zero-order valence-electron chi connectivity index (χ0n) is 10.5. The predicted molar refractivity (Wildman–Crippen MR) is 81.7 cm³/mol. The highest BCUT2D eigenvalue weighted by Gasteiger charge is 2.10. The summed E-state index contributed by atoms with van der Waals surface area (Å²) in [5, 5.41) is 2.40. The molecule has 0 saturated heterocycles. The van der Waals surface area contributed by atoms with Crippen LogP contribution in [0.25, 0.3) is 0 Å². The van der Waals surface area contributed by atoms with E-state index < -0.39 is 11.6 Å². The van der Waals surface area contributed by atoms with Crippen LogP contribution in [0.3, 0.4) is 0 Å². The molecule has 0 fully saturated rings. The van der Waals surface area contributed by atoms with Gasteiger partial charge in [0.2, 0.25) is 5.91 Å². The molecule has 1 N–H and O–H groups in total. The van der Waals surface area contributed by atoms with Gasteiger partial charge in [0.25, 0.3) is 0 Å². The standard InChI is InChI=1S/C12H12F2INO3S/c1-19-11(18)6-20-3-2-10(17)16-7-4-8(13)12(15)9(14)5-7/h4-5H,2-3,6H2,1H3,(H,16,17). The van der Waals surface area contributed by atoms with Crippen molar-refractivity contribution in [3.8, 4) is 0 Å². The Morgan fingerprint density at radius 3 is 2.50 bits per heavy atom. The van der Waals surface area contributed by atoms with Gasteiger partial charge in [0.15, 0.2) is 0 Å². The molecule has 0 aromatic heterocycles. The van der Waals surface area contributed by atoms with Gasteiger partial charge in [-0.15, -0.1) is 11.8 Å². The number of anilines is 1. The van der Waals surface area contributed by atoms with E-state index in [0.29, 0.717) is 5.75 Å². The quantitative estimate of drug-likeness (QED) is 0.336. The van der Waals surface area contributed by atoms with Crippen molar-refractivity contribution in [1.82, 2.24) is 0 Å². The molecule has 1 aromatic rings. The minimum Gasteiger partial charge on any atom is -0.468 e. The van der Waals surface area contributed by atoms with Gasteiger partial charge in [-0.1, -0.05) is 0 Å². The van der Waals surface area contributed by atoms with Gasteiger partial charge in [-0.3, -0.25) is 9.59 Å². The fraction of sp³-hybridized carbons (Fsp3) is 0.333. The maximum absolute atomic E-state index is 13.3. The minimum atomic E-state index is -0.721. The fourth-order valence-electron chi connectivity index (χ4n) is 1.23. The first-order chi connectivity index (χ1) is 9.43. The molecule has 8 heteroatoms. The molecule has 0 atom stereocenters. The summed E-state index contributed by atoms with van der Waals surface area (Å²) in [6.07, 6.45) is 0.136. The number of hydrogen-bond acceptors (Lipinski definition) is 4. The molecule has 0 aliphatic carbocycles. The second-order valence-electron chi connectivity index (χ2n) is 3.68. The van der Waals surface area contributed by atoms with Gasteiger partial charge >= 0.3 is 5.97 Å². The summed E-state index contributed by atoms with van der Waals surface area (Å²) in [5.74, 6) is -1.60. The van der Waals surface area contributed by atoms with Crippen LogP contribution in [0, 0.1) is 15.2 Å². The largest absolute Gasteiger partial charge is 0.468 e. The Bertz CT molecular complexity index is 490. The van der Waals surface area contributed by atoms with Gasteiger partial charge in [0, 0.05) is 17.9 Å². The van der Waals surface area contributed by atoms with Crippen LogP contribution in [0.15, 0.2) is 12.1 Å². The first kappa shape index (κ1) is 17.2. The van der Waals surface area contributed by atoms with Gasteiger partial charge in [-0.05, 0) is 34.7 Å². The van der Waals surface area contributed by atoms with E-state index in [0.717, 1.165) is 12.1 Å². The number of thioether (sulfide) groups is 1. The minimum absolute atomic E-state index is 0.0726. The molecule has 110 valence electrons. The Morgan fingerprint density at radius 2 is 1.95 bits per heavy atom. The predicted octanol–water partition coefficient (Wildman–Crippen LogP) is 2.80. The van der Waals surface area contributed by atoms with Crippen molar-refractivity contribution in [2.45, 2.75) is 6.42 Å². The first-order valence-electron chi connectivity index (χ1n) is 5.53. The van der Waals surface area contributed by atoms with Crippen LogP contribution in [0.4, 0.5) is 14.5 Å². The summed E-state index contributed by atoms with van der Waals surface area (Å²) in [4.78, 5) is 22.4. The smallest absolute Gasteiger partial charge is 0.315 e. The number of hydrogen-bond donors (Lipinski definition) is 1. The molecule has 0 bridgehead atoms. The fourth-order valence-corrected chi connectivity index (χ4v) is 2.30. The van der Waals surface area contributed by atoms with E-state index in [2.05, 4.69) is 10.1 Å². The van der Waals surface area contributed by atoms with Crippen molar-refractivity contribution in [2.24, 2.45) is 0 Å². The van der Waals surface area contributed by atoms with E-state index in [9.17, 15) is 18.4 Å². The molecule has 0 heterocycles. The normalized spacial score (nSPS) is 10.2. The van der Waals surface area contributed by atoms with E-state index >= 15 is 0 Å². The highest BCUT2D eigenvalue weighted by atomic mass is 127. The van der Waals surface area contributed by atoms with Crippen LogP contribution < -0.4 is 5.32 Å². The van der Waals surface area contributed by atoms with Gasteiger partial charge in [-0.25, -0.2) is 8.78 Å². The highest BCUT2D eigenvalue weighted by molar-refractivity contribution is 14.1. The van der Waals surface area contributed by atoms with Crippen molar-refractivity contribution in [2.75, 3.05) is 23.9 Å². The molecule has 20 heavy (non-hydrogen) atoms. The van der Waals surface area contributed by atoms with Gasteiger partial charge < -0.3 is 10.1 Å². The van der Waals surface area contributed by atoms with Crippen molar-refractivity contribution in [1.29, 1.82) is 0 Å². The molecule has 0 saturated carbocycles. The van der Waals surface area contributed by atoms with E-state index in [-0.39, 0.29) is 33.3 Å². The van der Waals surface area contributed by atoms with Crippen molar-refractivity contribution >= 4 is 51.9 Å². The zero-order valence-corrected chi connectivity index (χ0v) is 13.5. The third-order valence-electron chi connectivity index (χ3n) is 2.19. The Balaban J connectivity index is 2.41. The Hall–Kier alpha value is -0.900. The molecule has 1 amide bonds. The van der Waals surface area contributed by atoms with Crippen molar-refractivity contribution in [3.05, 3.63) is 27.3 Å². The SMILES string of the molecule is COC(=O)CSCCC(=O)Nc1cc(F)c(I)c(F)c1. The Morgan fingerprint density at radius 1 is 1.35 bits per heavy atom. The highest BCUT2D eigenvalue weighted by Crippen LogP contribution is 2.20. The van der Waals surface area contributed by atoms with E-state index in [1.807, 2.05) is 0 Å². The van der Waals surface area contributed by atoms with Crippen molar-refractivity contribution in [3.63, 3.8) is 0 Å². The summed E-state index contributed by atoms with van der Waals surface area (Å²) in [7, 11) is 1.29. The van der Waals surface area contributed by atoms with Crippen LogP contribution in [-0.2, 0) is 14.3 Å². The van der Waals surface area contributed by atoms with E-state index in [4.69, 9.17) is 0 Å². The number of methoxy groups -OCH3 is 1. The number of carbonyl (C=O) groups excluding carboxylic acids is 2. The number of esters is 1. The average molecular weight is 415 g/mol. The van der Waals surface area contributed by atoms with Gasteiger partial charge in [0.05, 0.1) is 16.4 Å². The lowest BCUT2D eigenvalue weighted by Crippen LogP contribution is -2.13. The summed E-state index contributed by atoms with van der Waals surface area (Å²) < 4.78 is 30.9. The molecular weight excluding hydrogens is 403 g/mol.